The summed E-state index contributed by atoms with van der Waals surface area (Å²) >= 11 is 5.93. The van der Waals surface area contributed by atoms with Gasteiger partial charge in [-0.2, -0.15) is 0 Å². The molecule has 0 spiro atoms. The van der Waals surface area contributed by atoms with Crippen LogP contribution in [0.5, 0.6) is 0 Å². The molecule has 0 bridgehead atoms. The lowest BCUT2D eigenvalue weighted by molar-refractivity contribution is -0.145. The molecule has 5 nitrogen and oxygen atoms in total. The molecule has 0 saturated carbocycles. The predicted molar refractivity (Wildman–Crippen MR) is 79.0 cm³/mol. The maximum Gasteiger partial charge on any atom is 0.323 e. The van der Waals surface area contributed by atoms with E-state index >= 15 is 0 Å². The number of carboxylic acids is 1. The maximum absolute atomic E-state index is 11.8. The van der Waals surface area contributed by atoms with Gasteiger partial charge in [0.2, 0.25) is 5.91 Å². The highest BCUT2D eigenvalue weighted by atomic mass is 35.5. The van der Waals surface area contributed by atoms with E-state index in [1.165, 1.54) is 0 Å². The van der Waals surface area contributed by atoms with Gasteiger partial charge in [-0.05, 0) is 25.0 Å². The molecule has 1 rings (SSSR count). The summed E-state index contributed by atoms with van der Waals surface area (Å²) in [5, 5.41) is 15.2. The molecule has 0 atom stereocenters. The largest absolute Gasteiger partial charge is 0.480 e. The van der Waals surface area contributed by atoms with E-state index in [0.717, 1.165) is 0 Å². The van der Waals surface area contributed by atoms with Gasteiger partial charge in [0.15, 0.2) is 0 Å². The normalized spacial score (nSPS) is 11.2. The standard InChI is InChI=1S/C14H19ClN2O3/c1-3-14(4-2,13(19)20)16-9-12(18)17-11-8-6-5-7-10(11)15/h5-8,16H,3-4,9H2,1-2H3,(H,17,18)(H,19,20). The van der Waals surface area contributed by atoms with Gasteiger partial charge >= 0.3 is 5.97 Å². The summed E-state index contributed by atoms with van der Waals surface area (Å²) in [6.07, 6.45) is 0.802. The van der Waals surface area contributed by atoms with Crippen molar-refractivity contribution in [3.05, 3.63) is 29.3 Å². The molecule has 0 fully saturated rings. The van der Waals surface area contributed by atoms with Crippen molar-refractivity contribution in [2.24, 2.45) is 0 Å². The Morgan fingerprint density at radius 1 is 1.25 bits per heavy atom. The molecule has 1 amide bonds. The Hall–Kier alpha value is -1.59. The van der Waals surface area contributed by atoms with Gasteiger partial charge in [-0.3, -0.25) is 14.9 Å². The molecular weight excluding hydrogens is 280 g/mol. The molecule has 0 radical (unpaired) electrons. The smallest absolute Gasteiger partial charge is 0.323 e. The van der Waals surface area contributed by atoms with E-state index in [2.05, 4.69) is 10.6 Å². The zero-order valence-corrected chi connectivity index (χ0v) is 12.3. The molecule has 0 aliphatic heterocycles. The van der Waals surface area contributed by atoms with Gasteiger partial charge in [-0.1, -0.05) is 37.6 Å². The Kier molecular flexibility index (Phi) is 5.98. The van der Waals surface area contributed by atoms with Crippen molar-refractivity contribution in [1.29, 1.82) is 0 Å². The van der Waals surface area contributed by atoms with Crippen molar-refractivity contribution < 1.29 is 14.7 Å². The Morgan fingerprint density at radius 3 is 2.35 bits per heavy atom. The van der Waals surface area contributed by atoms with Crippen LogP contribution in [0.15, 0.2) is 24.3 Å². The molecule has 0 heterocycles. The summed E-state index contributed by atoms with van der Waals surface area (Å²) in [5.74, 6) is -1.28. The number of hydrogen-bond donors (Lipinski definition) is 3. The molecule has 20 heavy (non-hydrogen) atoms. The molecule has 0 unspecified atom stereocenters. The number of anilines is 1. The van der Waals surface area contributed by atoms with Crippen LogP contribution in [0.3, 0.4) is 0 Å². The second-order valence-electron chi connectivity index (χ2n) is 4.48. The number of halogens is 1. The zero-order chi connectivity index (χ0) is 15.2. The number of amides is 1. The van der Waals surface area contributed by atoms with Gasteiger partial charge in [0.25, 0.3) is 0 Å². The van der Waals surface area contributed by atoms with Crippen molar-refractivity contribution >= 4 is 29.2 Å². The van der Waals surface area contributed by atoms with E-state index in [0.29, 0.717) is 23.6 Å². The van der Waals surface area contributed by atoms with Crippen molar-refractivity contribution in [3.63, 3.8) is 0 Å². The number of para-hydroxylation sites is 1. The van der Waals surface area contributed by atoms with Crippen LogP contribution in [0.1, 0.15) is 26.7 Å². The molecule has 110 valence electrons. The van der Waals surface area contributed by atoms with Crippen LogP contribution in [-0.4, -0.2) is 29.1 Å². The van der Waals surface area contributed by atoms with Crippen molar-refractivity contribution in [3.8, 4) is 0 Å². The highest BCUT2D eigenvalue weighted by molar-refractivity contribution is 6.33. The maximum atomic E-state index is 11.8. The van der Waals surface area contributed by atoms with Crippen molar-refractivity contribution in [2.45, 2.75) is 32.2 Å². The lowest BCUT2D eigenvalue weighted by atomic mass is 9.93. The third-order valence-electron chi connectivity index (χ3n) is 3.35. The summed E-state index contributed by atoms with van der Waals surface area (Å²) in [5.41, 5.74) is -0.562. The quantitative estimate of drug-likeness (QED) is 0.723. The number of carbonyl (C=O) groups is 2. The van der Waals surface area contributed by atoms with Gasteiger partial charge in [0, 0.05) is 0 Å². The van der Waals surface area contributed by atoms with E-state index in [-0.39, 0.29) is 12.5 Å². The lowest BCUT2D eigenvalue weighted by Gasteiger charge is -2.27. The number of rotatable bonds is 7. The first-order chi connectivity index (χ1) is 9.45. The van der Waals surface area contributed by atoms with Gasteiger partial charge in [0.1, 0.15) is 5.54 Å². The summed E-state index contributed by atoms with van der Waals surface area (Å²) in [7, 11) is 0. The summed E-state index contributed by atoms with van der Waals surface area (Å²) in [4.78, 5) is 23.1. The average Bonchev–Trinajstić information content (AvgIpc) is 2.43. The third-order valence-corrected chi connectivity index (χ3v) is 3.68. The molecule has 1 aromatic rings. The molecule has 0 saturated heterocycles. The highest BCUT2D eigenvalue weighted by Gasteiger charge is 2.34. The second-order valence-corrected chi connectivity index (χ2v) is 4.88. The molecule has 3 N–H and O–H groups in total. The number of nitrogens with one attached hydrogen (secondary N) is 2. The highest BCUT2D eigenvalue weighted by Crippen LogP contribution is 2.20. The third kappa shape index (κ3) is 3.95. The fourth-order valence-electron chi connectivity index (χ4n) is 1.88. The first-order valence-corrected chi connectivity index (χ1v) is 6.85. The predicted octanol–water partition coefficient (Wildman–Crippen LogP) is 2.51. The number of carbonyl (C=O) groups excluding carboxylic acids is 1. The summed E-state index contributed by atoms with van der Waals surface area (Å²) in [6, 6.07) is 6.88. The van der Waals surface area contributed by atoms with Gasteiger partial charge in [-0.15, -0.1) is 0 Å². The number of hydrogen-bond acceptors (Lipinski definition) is 3. The van der Waals surface area contributed by atoms with Crippen LogP contribution in [-0.2, 0) is 9.59 Å². The zero-order valence-electron chi connectivity index (χ0n) is 11.6. The van der Waals surface area contributed by atoms with E-state index < -0.39 is 11.5 Å². The topological polar surface area (TPSA) is 78.4 Å². The van der Waals surface area contributed by atoms with Crippen molar-refractivity contribution in [2.75, 3.05) is 11.9 Å². The molecule has 1 aromatic carbocycles. The monoisotopic (exact) mass is 298 g/mol. The minimum absolute atomic E-state index is 0.0841. The molecule has 0 aromatic heterocycles. The lowest BCUT2D eigenvalue weighted by Crippen LogP contribution is -2.53. The Labute approximate surface area is 123 Å². The van der Waals surface area contributed by atoms with Gasteiger partial charge in [0.05, 0.1) is 17.3 Å². The number of benzene rings is 1. The van der Waals surface area contributed by atoms with E-state index in [1.54, 1.807) is 38.1 Å². The second kappa shape index (κ2) is 7.26. The van der Waals surface area contributed by atoms with Crippen molar-refractivity contribution in [1.82, 2.24) is 5.32 Å². The van der Waals surface area contributed by atoms with Crippen LogP contribution in [0, 0.1) is 0 Å². The first kappa shape index (κ1) is 16.5. The van der Waals surface area contributed by atoms with Gasteiger partial charge in [-0.25, -0.2) is 0 Å². The molecule has 6 heteroatoms. The fraction of sp³-hybridized carbons (Fsp3) is 0.429. The van der Waals surface area contributed by atoms with E-state index in [9.17, 15) is 14.7 Å². The van der Waals surface area contributed by atoms with E-state index in [4.69, 9.17) is 11.6 Å². The van der Waals surface area contributed by atoms with Crippen LogP contribution < -0.4 is 10.6 Å². The average molecular weight is 299 g/mol. The van der Waals surface area contributed by atoms with Gasteiger partial charge < -0.3 is 10.4 Å². The van der Waals surface area contributed by atoms with Crippen LogP contribution in [0.25, 0.3) is 0 Å². The van der Waals surface area contributed by atoms with E-state index in [1.807, 2.05) is 0 Å². The first-order valence-electron chi connectivity index (χ1n) is 6.48. The minimum atomic E-state index is -1.07. The minimum Gasteiger partial charge on any atom is -0.480 e. The Bertz CT molecular complexity index is 487. The molecular formula is C14H19ClN2O3. The van der Waals surface area contributed by atoms with Crippen LogP contribution in [0.4, 0.5) is 5.69 Å². The fourth-order valence-corrected chi connectivity index (χ4v) is 2.07. The Balaban J connectivity index is 2.63. The SMILES string of the molecule is CCC(CC)(NCC(=O)Nc1ccccc1Cl)C(=O)O. The number of carboxylic acid groups (broad SMARTS) is 1. The van der Waals surface area contributed by atoms with Crippen LogP contribution in [0.2, 0.25) is 5.02 Å². The summed E-state index contributed by atoms with van der Waals surface area (Å²) < 4.78 is 0. The Morgan fingerprint density at radius 2 is 1.85 bits per heavy atom. The molecule has 0 aliphatic carbocycles. The number of aliphatic carboxylic acids is 1. The molecule has 0 aliphatic rings. The van der Waals surface area contributed by atoms with Crippen LogP contribution >= 0.6 is 11.6 Å². The summed E-state index contributed by atoms with van der Waals surface area (Å²) in [6.45, 7) is 3.46.